The number of hydrogen-bond acceptors (Lipinski definition) is 4. The van der Waals surface area contributed by atoms with Crippen LogP contribution in [0.1, 0.15) is 41.0 Å². The summed E-state index contributed by atoms with van der Waals surface area (Å²) in [5.74, 6) is 0.520. The van der Waals surface area contributed by atoms with Crippen LogP contribution in [0.15, 0.2) is 36.0 Å². The summed E-state index contributed by atoms with van der Waals surface area (Å²) < 4.78 is 6.78. The van der Waals surface area contributed by atoms with Gasteiger partial charge in [0, 0.05) is 11.7 Å². The van der Waals surface area contributed by atoms with Crippen molar-refractivity contribution in [2.24, 2.45) is 11.3 Å². The lowest BCUT2D eigenvalue weighted by Gasteiger charge is -2.28. The predicted molar refractivity (Wildman–Crippen MR) is 103 cm³/mol. The Morgan fingerprint density at radius 2 is 2.12 bits per heavy atom. The molecule has 4 nitrogen and oxygen atoms in total. The molecule has 0 aliphatic heterocycles. The van der Waals surface area contributed by atoms with Crippen LogP contribution in [0, 0.1) is 11.3 Å². The second kappa shape index (κ2) is 6.79. The van der Waals surface area contributed by atoms with E-state index in [1.165, 1.54) is 11.3 Å². The molecule has 2 aromatic rings. The molecule has 0 saturated carbocycles. The Kier molecular flexibility index (Phi) is 4.87. The van der Waals surface area contributed by atoms with E-state index < -0.39 is 0 Å². The van der Waals surface area contributed by atoms with Gasteiger partial charge in [0.2, 0.25) is 0 Å². The molecule has 1 atom stereocenters. The first-order valence-electron chi connectivity index (χ1n) is 8.80. The van der Waals surface area contributed by atoms with Gasteiger partial charge in [-0.05, 0) is 43.7 Å². The van der Waals surface area contributed by atoms with Gasteiger partial charge in [0.15, 0.2) is 6.61 Å². The van der Waals surface area contributed by atoms with E-state index in [1.807, 2.05) is 43.0 Å². The number of rotatable bonds is 5. The van der Waals surface area contributed by atoms with Gasteiger partial charge in [-0.1, -0.05) is 50.3 Å². The second-order valence-electron chi connectivity index (χ2n) is 7.66. The molecule has 134 valence electrons. The molecule has 25 heavy (non-hydrogen) atoms. The molecule has 0 N–H and O–H groups in total. The molecule has 1 aliphatic carbocycles. The number of benzene rings is 1. The van der Waals surface area contributed by atoms with Crippen LogP contribution >= 0.6 is 11.3 Å². The molecule has 0 saturated heterocycles. The fourth-order valence-corrected chi connectivity index (χ4v) is 4.08. The molecule has 0 spiro atoms. The molecule has 1 heterocycles. The summed E-state index contributed by atoms with van der Waals surface area (Å²) in [4.78, 5) is 19.1. The van der Waals surface area contributed by atoms with Gasteiger partial charge >= 0.3 is 0 Å². The first-order chi connectivity index (χ1) is 11.8. The molecule has 1 aromatic heterocycles. The summed E-state index contributed by atoms with van der Waals surface area (Å²) in [5.41, 5.74) is 2.14. The summed E-state index contributed by atoms with van der Waals surface area (Å²) >= 11 is 1.47. The third-order valence-corrected chi connectivity index (χ3v) is 5.96. The maximum Gasteiger partial charge on any atom is 0.274 e. The van der Waals surface area contributed by atoms with Gasteiger partial charge in [0.25, 0.3) is 11.1 Å². The first-order valence-corrected chi connectivity index (χ1v) is 9.62. The summed E-state index contributed by atoms with van der Waals surface area (Å²) in [6.45, 7) is 10.8. The molecule has 0 radical (unpaired) electrons. The fraction of sp³-hybridized carbons (Fsp3) is 0.500. The number of hydrogen-bond donors (Lipinski definition) is 0. The van der Waals surface area contributed by atoms with Crippen molar-refractivity contribution in [3.8, 4) is 5.19 Å². The smallest absolute Gasteiger partial charge is 0.274 e. The van der Waals surface area contributed by atoms with Gasteiger partial charge in [-0.25, -0.2) is 4.98 Å². The topological polar surface area (TPSA) is 42.4 Å². The molecule has 1 amide bonds. The normalized spacial score (nSPS) is 19.3. The minimum absolute atomic E-state index is 0.00888. The number of nitrogens with zero attached hydrogens (tertiary/aromatic N) is 2. The van der Waals surface area contributed by atoms with Gasteiger partial charge in [0.05, 0.1) is 10.2 Å². The molecule has 0 fully saturated rings. The number of carbonyl (C=O) groups excluding carboxylic acids is 1. The van der Waals surface area contributed by atoms with Crippen LogP contribution in [-0.2, 0) is 4.79 Å². The number of thiazole rings is 1. The minimum atomic E-state index is -0.00888. The Bertz CT molecular complexity index is 774. The summed E-state index contributed by atoms with van der Waals surface area (Å²) in [7, 11) is 0. The fourth-order valence-electron chi connectivity index (χ4n) is 3.26. The lowest BCUT2D eigenvalue weighted by atomic mass is 9.84. The molecule has 1 aliphatic rings. The van der Waals surface area contributed by atoms with Crippen molar-refractivity contribution >= 4 is 27.5 Å². The second-order valence-corrected chi connectivity index (χ2v) is 8.65. The van der Waals surface area contributed by atoms with Crippen molar-refractivity contribution in [1.29, 1.82) is 0 Å². The Morgan fingerprint density at radius 3 is 2.72 bits per heavy atom. The molecule has 0 bridgehead atoms. The van der Waals surface area contributed by atoms with Crippen LogP contribution in [0.25, 0.3) is 10.2 Å². The SMILES string of the molecule is CC(C)N(C(=O)COc1nc2ccccc2s1)C1=CC(C)(C)C(C)C1. The van der Waals surface area contributed by atoms with E-state index in [1.54, 1.807) is 0 Å². The van der Waals surface area contributed by atoms with Crippen LogP contribution in [0.5, 0.6) is 5.19 Å². The van der Waals surface area contributed by atoms with Gasteiger partial charge in [-0.2, -0.15) is 0 Å². The predicted octanol–water partition coefficient (Wildman–Crippen LogP) is 4.86. The van der Waals surface area contributed by atoms with Gasteiger partial charge in [0.1, 0.15) is 0 Å². The van der Waals surface area contributed by atoms with Gasteiger partial charge in [-0.3, -0.25) is 4.79 Å². The van der Waals surface area contributed by atoms with Crippen molar-refractivity contribution in [1.82, 2.24) is 9.88 Å². The van der Waals surface area contributed by atoms with Crippen molar-refractivity contribution in [3.63, 3.8) is 0 Å². The number of aromatic nitrogens is 1. The number of para-hydroxylation sites is 1. The highest BCUT2D eigenvalue weighted by Gasteiger charge is 2.35. The third kappa shape index (κ3) is 3.71. The highest BCUT2D eigenvalue weighted by atomic mass is 32.1. The van der Waals surface area contributed by atoms with Crippen LogP contribution in [0.2, 0.25) is 0 Å². The highest BCUT2D eigenvalue weighted by molar-refractivity contribution is 7.20. The van der Waals surface area contributed by atoms with E-state index in [4.69, 9.17) is 4.74 Å². The van der Waals surface area contributed by atoms with Crippen molar-refractivity contribution in [2.45, 2.75) is 47.1 Å². The average Bonchev–Trinajstić information content (AvgIpc) is 3.05. The molecule has 1 unspecified atom stereocenters. The zero-order valence-corrected chi connectivity index (χ0v) is 16.4. The van der Waals surface area contributed by atoms with E-state index >= 15 is 0 Å². The zero-order valence-electron chi connectivity index (χ0n) is 15.6. The molecule has 5 heteroatoms. The lowest BCUT2D eigenvalue weighted by Crippen LogP contribution is -2.39. The van der Waals surface area contributed by atoms with Crippen molar-refractivity contribution in [2.75, 3.05) is 6.61 Å². The van der Waals surface area contributed by atoms with E-state index in [9.17, 15) is 4.79 Å². The summed E-state index contributed by atoms with van der Waals surface area (Å²) in [6.07, 6.45) is 3.17. The number of allylic oxidation sites excluding steroid dienone is 2. The number of amides is 1. The van der Waals surface area contributed by atoms with E-state index in [0.717, 1.165) is 22.3 Å². The minimum Gasteiger partial charge on any atom is -0.460 e. The molecule has 3 rings (SSSR count). The van der Waals surface area contributed by atoms with Crippen molar-refractivity contribution in [3.05, 3.63) is 36.0 Å². The van der Waals surface area contributed by atoms with Crippen LogP contribution in [0.3, 0.4) is 0 Å². The number of carbonyl (C=O) groups is 1. The van der Waals surface area contributed by atoms with Crippen LogP contribution < -0.4 is 4.74 Å². The van der Waals surface area contributed by atoms with E-state index in [-0.39, 0.29) is 24.0 Å². The lowest BCUT2D eigenvalue weighted by molar-refractivity contribution is -0.133. The van der Waals surface area contributed by atoms with Crippen molar-refractivity contribution < 1.29 is 9.53 Å². The highest BCUT2D eigenvalue weighted by Crippen LogP contribution is 2.42. The quantitative estimate of drug-likeness (QED) is 0.766. The Morgan fingerprint density at radius 1 is 1.40 bits per heavy atom. The Balaban J connectivity index is 1.71. The maximum absolute atomic E-state index is 12.8. The Hall–Kier alpha value is -1.88. The first kappa shape index (κ1) is 17.9. The summed E-state index contributed by atoms with van der Waals surface area (Å²) in [6, 6.07) is 8.00. The van der Waals surface area contributed by atoms with Crippen LogP contribution in [-0.4, -0.2) is 28.4 Å². The molecular formula is C20H26N2O2S. The summed E-state index contributed by atoms with van der Waals surface area (Å²) in [5, 5.41) is 0.548. The molecule has 1 aromatic carbocycles. The van der Waals surface area contributed by atoms with E-state index in [2.05, 4.69) is 31.8 Å². The monoisotopic (exact) mass is 358 g/mol. The standard InChI is InChI=1S/C20H26N2O2S/c1-13(2)22(15-10-14(3)20(4,5)11-15)18(23)12-24-19-21-16-8-6-7-9-17(16)25-19/h6-9,11,13-14H,10,12H2,1-5H3. The van der Waals surface area contributed by atoms with Gasteiger partial charge < -0.3 is 9.64 Å². The Labute approximate surface area is 153 Å². The van der Waals surface area contributed by atoms with E-state index in [0.29, 0.717) is 11.1 Å². The third-order valence-electron chi connectivity index (χ3n) is 5.01. The number of fused-ring (bicyclic) bond motifs is 1. The molecular weight excluding hydrogens is 332 g/mol. The van der Waals surface area contributed by atoms with Crippen LogP contribution in [0.4, 0.5) is 0 Å². The van der Waals surface area contributed by atoms with Gasteiger partial charge in [-0.15, -0.1) is 0 Å². The largest absolute Gasteiger partial charge is 0.460 e. The number of ether oxygens (including phenoxy) is 1. The zero-order chi connectivity index (χ0) is 18.2. The average molecular weight is 359 g/mol. The maximum atomic E-state index is 12.8.